The average Bonchev–Trinajstić information content (AvgIpc) is 2.43. The van der Waals surface area contributed by atoms with Crippen LogP contribution in [0.2, 0.25) is 0 Å². The van der Waals surface area contributed by atoms with E-state index in [-0.39, 0.29) is 6.42 Å². The minimum absolute atomic E-state index is 0.214. The van der Waals surface area contributed by atoms with Crippen LogP contribution in [0.15, 0.2) is 23.3 Å². The summed E-state index contributed by atoms with van der Waals surface area (Å²) in [4.78, 5) is 18.4. The van der Waals surface area contributed by atoms with Crippen LogP contribution in [0.3, 0.4) is 0 Å². The Bertz CT molecular complexity index is 461. The normalized spacial score (nSPS) is 15.3. The van der Waals surface area contributed by atoms with Crippen LogP contribution in [0.4, 0.5) is 0 Å². The molecule has 0 aliphatic rings. The fraction of sp³-hybridized carbons (Fsp3) is 0.750. The number of hydrogen-bond donors (Lipinski definition) is 3. The molecule has 23 heavy (non-hydrogen) atoms. The van der Waals surface area contributed by atoms with Gasteiger partial charge in [-0.2, -0.15) is 0 Å². The van der Waals surface area contributed by atoms with E-state index in [9.17, 15) is 18.9 Å². The summed E-state index contributed by atoms with van der Waals surface area (Å²) < 4.78 is 22.8. The monoisotopic (exact) mass is 366 g/mol. The maximum Gasteiger partial charge on any atom is 0.335 e. The van der Waals surface area contributed by atoms with Gasteiger partial charge in [0.25, 0.3) is 0 Å². The fourth-order valence-electron chi connectivity index (χ4n) is 2.32. The van der Waals surface area contributed by atoms with E-state index in [0.29, 0.717) is 6.42 Å². The lowest BCUT2D eigenvalue weighted by atomic mass is 10.1. The molecule has 0 amide bonds. The maximum absolute atomic E-state index is 11.5. The molecule has 2 atom stereocenters. The highest BCUT2D eigenvalue weighted by molar-refractivity contribution is 7.67. The quantitative estimate of drug-likeness (QED) is 0.266. The third-order valence-corrected chi connectivity index (χ3v) is 7.99. The van der Waals surface area contributed by atoms with Crippen LogP contribution in [-0.2, 0) is 9.13 Å². The highest BCUT2D eigenvalue weighted by atomic mass is 31.2. The van der Waals surface area contributed by atoms with Crippen molar-refractivity contribution in [2.45, 2.75) is 71.1 Å². The SMILES string of the molecule is CC(C)=CCCC(C)=CCCCCCC([PH](=O)CO)P(=O)(O)O. The van der Waals surface area contributed by atoms with Crippen LogP contribution in [0, 0.1) is 0 Å². The van der Waals surface area contributed by atoms with Crippen molar-refractivity contribution in [1.29, 1.82) is 0 Å². The van der Waals surface area contributed by atoms with Crippen LogP contribution in [-0.4, -0.2) is 26.6 Å². The van der Waals surface area contributed by atoms with E-state index in [1.165, 1.54) is 11.1 Å². The van der Waals surface area contributed by atoms with Gasteiger partial charge in [-0.25, -0.2) is 0 Å². The summed E-state index contributed by atoms with van der Waals surface area (Å²) >= 11 is 0. The lowest BCUT2D eigenvalue weighted by Crippen LogP contribution is -2.05. The van der Waals surface area contributed by atoms with Gasteiger partial charge in [0.05, 0.1) is 6.35 Å². The summed E-state index contributed by atoms with van der Waals surface area (Å²) in [5.74, 6) is 0. The lowest BCUT2D eigenvalue weighted by molar-refractivity contribution is 0.349. The van der Waals surface area contributed by atoms with E-state index >= 15 is 0 Å². The molecule has 0 aromatic rings. The predicted molar refractivity (Wildman–Crippen MR) is 97.4 cm³/mol. The van der Waals surface area contributed by atoms with E-state index in [4.69, 9.17) is 5.11 Å². The average molecular weight is 366 g/mol. The maximum atomic E-state index is 11.5. The van der Waals surface area contributed by atoms with Crippen molar-refractivity contribution >= 4 is 15.4 Å². The lowest BCUT2D eigenvalue weighted by Gasteiger charge is -2.16. The number of allylic oxidation sites excluding steroid dienone is 4. The number of aliphatic hydroxyl groups is 1. The third-order valence-electron chi connectivity index (χ3n) is 3.70. The Balaban J connectivity index is 4.01. The van der Waals surface area contributed by atoms with Crippen molar-refractivity contribution in [3.63, 3.8) is 0 Å². The van der Waals surface area contributed by atoms with E-state index in [2.05, 4.69) is 32.9 Å². The van der Waals surface area contributed by atoms with Gasteiger partial charge in [0.15, 0.2) is 0 Å². The van der Waals surface area contributed by atoms with Gasteiger partial charge >= 0.3 is 7.60 Å². The molecule has 0 aliphatic carbocycles. The Morgan fingerprint density at radius 3 is 2.26 bits per heavy atom. The van der Waals surface area contributed by atoms with Gasteiger partial charge in [-0.1, -0.05) is 36.1 Å². The topological polar surface area (TPSA) is 94.8 Å². The second kappa shape index (κ2) is 12.2. The molecule has 0 bridgehead atoms. The van der Waals surface area contributed by atoms with Gasteiger partial charge in [-0.05, 0) is 52.9 Å². The van der Waals surface area contributed by atoms with Crippen molar-refractivity contribution in [3.05, 3.63) is 23.3 Å². The number of rotatable bonds is 12. The predicted octanol–water partition coefficient (Wildman–Crippen LogP) is 4.64. The van der Waals surface area contributed by atoms with Crippen molar-refractivity contribution in [2.75, 3.05) is 6.35 Å². The summed E-state index contributed by atoms with van der Waals surface area (Å²) in [6, 6.07) is 0. The molecule has 5 nitrogen and oxygen atoms in total. The van der Waals surface area contributed by atoms with Crippen molar-refractivity contribution in [2.24, 2.45) is 0 Å². The molecule has 0 aromatic carbocycles. The first kappa shape index (κ1) is 22.8. The molecule has 0 radical (unpaired) electrons. The molecule has 136 valence electrons. The Kier molecular flexibility index (Phi) is 12.1. The minimum Gasteiger partial charge on any atom is -0.389 e. The first-order valence-electron chi connectivity index (χ1n) is 8.16. The van der Waals surface area contributed by atoms with Gasteiger partial charge in [-0.3, -0.25) is 4.57 Å². The van der Waals surface area contributed by atoms with Crippen LogP contribution in [0.5, 0.6) is 0 Å². The van der Waals surface area contributed by atoms with Crippen molar-refractivity contribution in [3.8, 4) is 0 Å². The zero-order valence-electron chi connectivity index (χ0n) is 14.5. The summed E-state index contributed by atoms with van der Waals surface area (Å²) in [5, 5.41) is 7.69. The zero-order chi connectivity index (χ0) is 17.9. The van der Waals surface area contributed by atoms with Crippen molar-refractivity contribution < 1.29 is 24.0 Å². The van der Waals surface area contributed by atoms with Gasteiger partial charge in [-0.15, -0.1) is 0 Å². The molecule has 0 rings (SSSR count). The second-order valence-electron chi connectivity index (χ2n) is 6.24. The molecule has 0 aliphatic heterocycles. The number of unbranched alkanes of at least 4 members (excludes halogenated alkanes) is 3. The second-order valence-corrected chi connectivity index (χ2v) is 10.5. The first-order chi connectivity index (χ1) is 10.7. The molecule has 0 aromatic heterocycles. The molecular weight excluding hydrogens is 334 g/mol. The van der Waals surface area contributed by atoms with Gasteiger partial charge < -0.3 is 19.5 Å². The molecule has 0 saturated carbocycles. The summed E-state index contributed by atoms with van der Waals surface area (Å²) in [6.45, 7) is 6.31. The van der Waals surface area contributed by atoms with E-state index in [1.54, 1.807) is 0 Å². The Morgan fingerprint density at radius 1 is 1.09 bits per heavy atom. The largest absolute Gasteiger partial charge is 0.389 e. The summed E-state index contributed by atoms with van der Waals surface area (Å²) in [6.07, 6.45) is 9.52. The van der Waals surface area contributed by atoms with Gasteiger partial charge in [0, 0.05) is 0 Å². The van der Waals surface area contributed by atoms with Crippen molar-refractivity contribution in [1.82, 2.24) is 0 Å². The molecule has 0 heterocycles. The van der Waals surface area contributed by atoms with Crippen LogP contribution < -0.4 is 0 Å². The van der Waals surface area contributed by atoms with Crippen LogP contribution >= 0.6 is 15.4 Å². The molecular formula is C16H32O5P2. The molecule has 3 N–H and O–H groups in total. The molecule has 7 heteroatoms. The summed E-state index contributed by atoms with van der Waals surface area (Å²) in [5.41, 5.74) is 2.69. The minimum atomic E-state index is -4.39. The molecule has 0 fully saturated rings. The highest BCUT2D eigenvalue weighted by Crippen LogP contribution is 2.55. The Morgan fingerprint density at radius 2 is 1.74 bits per heavy atom. The molecule has 0 saturated heterocycles. The third kappa shape index (κ3) is 11.9. The first-order valence-corrected chi connectivity index (χ1v) is 11.5. The van der Waals surface area contributed by atoms with Gasteiger partial charge in [0.1, 0.15) is 13.2 Å². The van der Waals surface area contributed by atoms with Crippen LogP contribution in [0.1, 0.15) is 65.7 Å². The van der Waals surface area contributed by atoms with Gasteiger partial charge in [0.2, 0.25) is 0 Å². The fourth-order valence-corrected chi connectivity index (χ4v) is 5.32. The van der Waals surface area contributed by atoms with E-state index in [1.807, 2.05) is 0 Å². The molecule has 0 spiro atoms. The zero-order valence-corrected chi connectivity index (χ0v) is 16.4. The summed E-state index contributed by atoms with van der Waals surface area (Å²) in [7, 11) is -7.01. The Labute approximate surface area is 140 Å². The number of aliphatic hydroxyl groups excluding tert-OH is 1. The molecule has 2 unspecified atom stereocenters. The smallest absolute Gasteiger partial charge is 0.335 e. The van der Waals surface area contributed by atoms with E-state index < -0.39 is 27.1 Å². The van der Waals surface area contributed by atoms with E-state index in [0.717, 1.165) is 32.1 Å². The highest BCUT2D eigenvalue weighted by Gasteiger charge is 2.32. The van der Waals surface area contributed by atoms with Crippen LogP contribution in [0.25, 0.3) is 0 Å². The standard InChI is InChI=1S/C16H32O5P2/c1-14(2)9-8-11-15(3)10-6-4-5-7-12-16(22(18)13-17)23(19,20)21/h9-10,16-17,22H,4-8,11-13H2,1-3H3,(H2,19,20,21). The Hall–Kier alpha value is -0.180. The number of hydrogen-bond acceptors (Lipinski definition) is 3.